The molecule has 0 bridgehead atoms. The highest BCUT2D eigenvalue weighted by atomic mass is 16.2. The number of hydrogen-bond acceptors (Lipinski definition) is 5. The number of fused-ring (bicyclic) bond motifs is 1. The van der Waals surface area contributed by atoms with Gasteiger partial charge in [0, 0.05) is 49.6 Å². The SMILES string of the molecule is Cc1ccc(CCNC(=O)[C@H](C(C)C)N2CC[C@@]3(CCCN3C(=O)[C@H](Cc3c[nH]c4ccccc34)NC(=O)CCCCN)C2=O)cc1. The van der Waals surface area contributed by atoms with Crippen molar-refractivity contribution in [3.63, 3.8) is 0 Å². The number of rotatable bonds is 14. The van der Waals surface area contributed by atoms with Crippen LogP contribution in [0.3, 0.4) is 0 Å². The third kappa shape index (κ3) is 7.53. The van der Waals surface area contributed by atoms with Gasteiger partial charge in [-0.15, -0.1) is 0 Å². The molecule has 2 fully saturated rings. The first-order chi connectivity index (χ1) is 22.6. The lowest BCUT2D eigenvalue weighted by molar-refractivity contribution is -0.151. The Labute approximate surface area is 277 Å². The molecule has 1 spiro atoms. The average Bonchev–Trinajstić information content (AvgIpc) is 3.76. The fourth-order valence-corrected chi connectivity index (χ4v) is 7.33. The number of aromatic nitrogens is 1. The molecule has 2 saturated heterocycles. The summed E-state index contributed by atoms with van der Waals surface area (Å²) < 4.78 is 0. The van der Waals surface area contributed by atoms with Gasteiger partial charge in [0.15, 0.2) is 0 Å². The van der Waals surface area contributed by atoms with Crippen molar-refractivity contribution in [2.45, 2.75) is 89.8 Å². The predicted octanol–water partition coefficient (Wildman–Crippen LogP) is 3.61. The number of unbranched alkanes of at least 4 members (excludes halogenated alkanes) is 1. The minimum absolute atomic E-state index is 0.110. The molecular formula is C37H50N6O4. The number of carbonyl (C=O) groups is 4. The van der Waals surface area contributed by atoms with Crippen LogP contribution in [0.1, 0.15) is 69.1 Å². The van der Waals surface area contributed by atoms with Gasteiger partial charge < -0.3 is 31.2 Å². The fraction of sp³-hybridized carbons (Fsp3) is 0.514. The second-order valence-electron chi connectivity index (χ2n) is 13.5. The Balaban J connectivity index is 1.32. The molecule has 2 aromatic carbocycles. The van der Waals surface area contributed by atoms with Crippen LogP contribution >= 0.6 is 0 Å². The lowest BCUT2D eigenvalue weighted by Gasteiger charge is -2.37. The third-order valence-electron chi connectivity index (χ3n) is 9.84. The topological polar surface area (TPSA) is 141 Å². The van der Waals surface area contributed by atoms with E-state index in [0.717, 1.165) is 28.5 Å². The Hall–Kier alpha value is -4.18. The van der Waals surface area contributed by atoms with E-state index >= 15 is 0 Å². The molecule has 10 nitrogen and oxygen atoms in total. The zero-order valence-corrected chi connectivity index (χ0v) is 28.0. The molecule has 2 aliphatic rings. The van der Waals surface area contributed by atoms with Crippen molar-refractivity contribution in [3.8, 4) is 0 Å². The smallest absolute Gasteiger partial charge is 0.249 e. The van der Waals surface area contributed by atoms with Gasteiger partial charge in [-0.2, -0.15) is 0 Å². The molecule has 4 amide bonds. The lowest BCUT2D eigenvalue weighted by atomic mass is 9.92. The summed E-state index contributed by atoms with van der Waals surface area (Å²) in [5, 5.41) is 7.07. The molecule has 47 heavy (non-hydrogen) atoms. The third-order valence-corrected chi connectivity index (χ3v) is 9.84. The van der Waals surface area contributed by atoms with Crippen molar-refractivity contribution in [1.82, 2.24) is 25.4 Å². The van der Waals surface area contributed by atoms with E-state index in [1.54, 1.807) is 9.80 Å². The summed E-state index contributed by atoms with van der Waals surface area (Å²) in [7, 11) is 0. The maximum atomic E-state index is 14.5. The van der Waals surface area contributed by atoms with Crippen molar-refractivity contribution < 1.29 is 19.2 Å². The first-order valence-corrected chi connectivity index (χ1v) is 17.1. The van der Waals surface area contributed by atoms with Crippen LogP contribution in [0.4, 0.5) is 0 Å². The van der Waals surface area contributed by atoms with Gasteiger partial charge in [-0.25, -0.2) is 0 Å². The monoisotopic (exact) mass is 642 g/mol. The number of hydrogen-bond donors (Lipinski definition) is 4. The minimum Gasteiger partial charge on any atom is -0.361 e. The molecule has 0 unspecified atom stereocenters. The largest absolute Gasteiger partial charge is 0.361 e. The molecule has 0 saturated carbocycles. The number of benzene rings is 2. The Morgan fingerprint density at radius 1 is 1.02 bits per heavy atom. The molecule has 0 aliphatic carbocycles. The standard InChI is InChI=1S/C37H50N6O4/c1-25(2)33(34(45)39-20-16-27-14-12-26(3)13-15-27)42-22-18-37(36(42)47)17-8-21-43(37)35(46)31(41-32(44)11-6-7-19-38)23-28-24-40-30-10-5-4-9-29(28)30/h4-5,9-10,12-15,24-25,31,33,40H,6-8,11,16-23,38H2,1-3H3,(H,39,45)(H,41,44)/t31-,33-,37-/m0/s1. The Morgan fingerprint density at radius 2 is 1.79 bits per heavy atom. The van der Waals surface area contributed by atoms with E-state index in [0.29, 0.717) is 64.7 Å². The van der Waals surface area contributed by atoms with E-state index in [2.05, 4.69) is 39.9 Å². The molecule has 252 valence electrons. The minimum atomic E-state index is -1.02. The first-order valence-electron chi connectivity index (χ1n) is 17.1. The number of amides is 4. The van der Waals surface area contributed by atoms with Gasteiger partial charge >= 0.3 is 0 Å². The van der Waals surface area contributed by atoms with Gasteiger partial charge in [-0.3, -0.25) is 19.2 Å². The zero-order valence-electron chi connectivity index (χ0n) is 28.0. The Kier molecular flexibility index (Phi) is 11.0. The number of nitrogens with two attached hydrogens (primary N) is 1. The molecule has 3 atom stereocenters. The van der Waals surface area contributed by atoms with Gasteiger partial charge in [0.2, 0.25) is 23.6 Å². The zero-order chi connectivity index (χ0) is 33.6. The van der Waals surface area contributed by atoms with Crippen LogP contribution in [0, 0.1) is 12.8 Å². The Morgan fingerprint density at radius 3 is 2.53 bits per heavy atom. The van der Waals surface area contributed by atoms with Crippen LogP contribution in [-0.2, 0) is 32.0 Å². The fourth-order valence-electron chi connectivity index (χ4n) is 7.33. The van der Waals surface area contributed by atoms with Crippen molar-refractivity contribution in [3.05, 3.63) is 71.4 Å². The highest BCUT2D eigenvalue weighted by molar-refractivity contribution is 5.99. The van der Waals surface area contributed by atoms with E-state index in [9.17, 15) is 19.2 Å². The average molecular weight is 643 g/mol. The van der Waals surface area contributed by atoms with Crippen LogP contribution < -0.4 is 16.4 Å². The molecule has 5 rings (SSSR count). The normalized spacial score (nSPS) is 19.1. The number of nitrogens with one attached hydrogen (secondary N) is 3. The van der Waals surface area contributed by atoms with Gasteiger partial charge in [0.25, 0.3) is 0 Å². The van der Waals surface area contributed by atoms with E-state index in [1.807, 2.05) is 51.2 Å². The quantitative estimate of drug-likeness (QED) is 0.199. The molecule has 3 aromatic rings. The predicted molar refractivity (Wildman–Crippen MR) is 183 cm³/mol. The summed E-state index contributed by atoms with van der Waals surface area (Å²) in [4.78, 5) is 62.1. The van der Waals surface area contributed by atoms with Gasteiger partial charge in [0.05, 0.1) is 0 Å². The second kappa shape index (κ2) is 15.2. The maximum Gasteiger partial charge on any atom is 0.249 e. The van der Waals surface area contributed by atoms with Crippen LogP contribution in [0.15, 0.2) is 54.7 Å². The molecule has 2 aliphatic heterocycles. The van der Waals surface area contributed by atoms with Gasteiger partial charge in [-0.05, 0) is 75.1 Å². The molecule has 0 radical (unpaired) electrons. The van der Waals surface area contributed by atoms with E-state index in [1.165, 1.54) is 5.56 Å². The summed E-state index contributed by atoms with van der Waals surface area (Å²) in [5.74, 6) is -0.905. The van der Waals surface area contributed by atoms with Crippen LogP contribution in [0.2, 0.25) is 0 Å². The molecule has 3 heterocycles. The van der Waals surface area contributed by atoms with E-state index in [4.69, 9.17) is 5.73 Å². The Bertz CT molecular complexity index is 1570. The number of aryl methyl sites for hydroxylation is 1. The number of H-pyrrole nitrogens is 1. The highest BCUT2D eigenvalue weighted by Crippen LogP contribution is 2.41. The molecular weight excluding hydrogens is 592 g/mol. The highest BCUT2D eigenvalue weighted by Gasteiger charge is 2.57. The maximum absolute atomic E-state index is 14.5. The van der Waals surface area contributed by atoms with E-state index < -0.39 is 17.6 Å². The number of nitrogens with zero attached hydrogens (tertiary/aromatic N) is 2. The van der Waals surface area contributed by atoms with Crippen molar-refractivity contribution in [1.29, 1.82) is 0 Å². The van der Waals surface area contributed by atoms with Crippen molar-refractivity contribution in [2.75, 3.05) is 26.2 Å². The molecule has 10 heteroatoms. The first kappa shape index (κ1) is 34.2. The molecule has 1 aromatic heterocycles. The second-order valence-corrected chi connectivity index (χ2v) is 13.5. The summed E-state index contributed by atoms with van der Waals surface area (Å²) in [5.41, 5.74) is 8.83. The number of aromatic amines is 1. The van der Waals surface area contributed by atoms with Crippen LogP contribution in [0.25, 0.3) is 10.9 Å². The van der Waals surface area contributed by atoms with Crippen LogP contribution in [0.5, 0.6) is 0 Å². The van der Waals surface area contributed by atoms with Gasteiger partial charge in [-0.1, -0.05) is 61.9 Å². The molecule has 5 N–H and O–H groups in total. The number of para-hydroxylation sites is 1. The summed E-state index contributed by atoms with van der Waals surface area (Å²) in [6.45, 7) is 7.76. The van der Waals surface area contributed by atoms with Gasteiger partial charge in [0.1, 0.15) is 17.6 Å². The van der Waals surface area contributed by atoms with Crippen molar-refractivity contribution >= 4 is 34.5 Å². The summed E-state index contributed by atoms with van der Waals surface area (Å²) >= 11 is 0. The number of carbonyl (C=O) groups excluding carboxylic acids is 4. The lowest BCUT2D eigenvalue weighted by Crippen LogP contribution is -2.60. The summed E-state index contributed by atoms with van der Waals surface area (Å²) in [6, 6.07) is 14.7. The van der Waals surface area contributed by atoms with E-state index in [-0.39, 0.29) is 36.0 Å². The van der Waals surface area contributed by atoms with Crippen LogP contribution in [-0.4, -0.2) is 82.2 Å². The summed E-state index contributed by atoms with van der Waals surface area (Å²) in [6.07, 6.45) is 6.22. The number of likely N-dealkylation sites (tertiary alicyclic amines) is 2. The van der Waals surface area contributed by atoms with Crippen molar-refractivity contribution in [2.24, 2.45) is 11.7 Å².